The van der Waals surface area contributed by atoms with Gasteiger partial charge in [0.15, 0.2) is 5.82 Å². The highest BCUT2D eigenvalue weighted by atomic mass is 16.5. The van der Waals surface area contributed by atoms with Gasteiger partial charge in [0, 0.05) is 19.0 Å². The molecule has 5 nitrogen and oxygen atoms in total. The molecule has 1 aliphatic heterocycles. The molecule has 2 heterocycles. The Morgan fingerprint density at radius 1 is 1.44 bits per heavy atom. The summed E-state index contributed by atoms with van der Waals surface area (Å²) in [7, 11) is 0. The zero-order valence-corrected chi connectivity index (χ0v) is 10.9. The van der Waals surface area contributed by atoms with Crippen molar-refractivity contribution in [3.05, 3.63) is 11.7 Å². The summed E-state index contributed by atoms with van der Waals surface area (Å²) >= 11 is 0. The lowest BCUT2D eigenvalue weighted by Crippen LogP contribution is -2.52. The lowest BCUT2D eigenvalue weighted by atomic mass is 9.71. The number of rotatable bonds is 2. The van der Waals surface area contributed by atoms with Gasteiger partial charge in [-0.2, -0.15) is 4.98 Å². The van der Waals surface area contributed by atoms with E-state index in [1.807, 2.05) is 6.92 Å². The van der Waals surface area contributed by atoms with Crippen molar-refractivity contribution in [3.63, 3.8) is 0 Å². The molecule has 2 aliphatic rings. The van der Waals surface area contributed by atoms with Crippen LogP contribution in [0.25, 0.3) is 0 Å². The molecule has 18 heavy (non-hydrogen) atoms. The first kappa shape index (κ1) is 12.1. The summed E-state index contributed by atoms with van der Waals surface area (Å²) in [5.41, 5.74) is -0.403. The van der Waals surface area contributed by atoms with Gasteiger partial charge in [0.1, 0.15) is 0 Å². The highest BCUT2D eigenvalue weighted by Gasteiger charge is 2.42. The summed E-state index contributed by atoms with van der Waals surface area (Å²) < 4.78 is 5.16. The molecule has 1 N–H and O–H groups in total. The highest BCUT2D eigenvalue weighted by Crippen LogP contribution is 2.39. The van der Waals surface area contributed by atoms with Gasteiger partial charge in [0.2, 0.25) is 5.89 Å². The van der Waals surface area contributed by atoms with Gasteiger partial charge in [0.25, 0.3) is 0 Å². The minimum atomic E-state index is -0.403. The quantitative estimate of drug-likeness (QED) is 0.863. The first-order valence-electron chi connectivity index (χ1n) is 6.90. The molecular formula is C13H21N3O2. The van der Waals surface area contributed by atoms with Crippen molar-refractivity contribution < 1.29 is 9.63 Å². The molecule has 0 bridgehead atoms. The van der Waals surface area contributed by atoms with E-state index in [2.05, 4.69) is 15.0 Å². The summed E-state index contributed by atoms with van der Waals surface area (Å²) in [4.78, 5) is 6.57. The maximum absolute atomic E-state index is 10.6. The third kappa shape index (κ3) is 2.29. The Balaban J connectivity index is 1.63. The lowest BCUT2D eigenvalue weighted by Gasteiger charge is -2.47. The van der Waals surface area contributed by atoms with E-state index in [4.69, 9.17) is 4.52 Å². The predicted molar refractivity (Wildman–Crippen MR) is 65.8 cm³/mol. The van der Waals surface area contributed by atoms with Gasteiger partial charge in [-0.05, 0) is 26.2 Å². The zero-order chi connectivity index (χ0) is 12.6. The summed E-state index contributed by atoms with van der Waals surface area (Å²) in [5, 5.41) is 14.4. The second-order valence-electron chi connectivity index (χ2n) is 5.77. The molecule has 2 fully saturated rings. The summed E-state index contributed by atoms with van der Waals surface area (Å²) in [6.07, 6.45) is 5.43. The SMILES string of the molecule is Cc1noc(CN2CCC3(O)CCCCC3C2)n1. The molecule has 0 radical (unpaired) electrons. The molecule has 0 amide bonds. The Bertz CT molecular complexity index is 420. The molecule has 5 heteroatoms. The Kier molecular flexibility index (Phi) is 3.11. The third-order valence-electron chi connectivity index (χ3n) is 4.44. The van der Waals surface area contributed by atoms with Crippen molar-refractivity contribution in [2.45, 2.75) is 51.2 Å². The molecule has 1 aliphatic carbocycles. The second-order valence-corrected chi connectivity index (χ2v) is 5.77. The molecule has 0 aromatic carbocycles. The van der Waals surface area contributed by atoms with Crippen molar-refractivity contribution >= 4 is 0 Å². The zero-order valence-electron chi connectivity index (χ0n) is 10.9. The summed E-state index contributed by atoms with van der Waals surface area (Å²) in [6.45, 7) is 4.43. The standard InChI is InChI=1S/C13H21N3O2/c1-10-14-12(18-15-10)9-16-7-6-13(17)5-3-2-4-11(13)8-16/h11,17H,2-9H2,1H3. The topological polar surface area (TPSA) is 62.4 Å². The molecule has 2 unspecified atom stereocenters. The monoisotopic (exact) mass is 251 g/mol. The van der Waals surface area contributed by atoms with Gasteiger partial charge in [0.05, 0.1) is 12.1 Å². The van der Waals surface area contributed by atoms with Gasteiger partial charge in [-0.15, -0.1) is 0 Å². The fraction of sp³-hybridized carbons (Fsp3) is 0.846. The molecule has 3 rings (SSSR count). The Hall–Kier alpha value is -0.940. The van der Waals surface area contributed by atoms with E-state index in [1.54, 1.807) is 0 Å². The largest absolute Gasteiger partial charge is 0.390 e. The number of aliphatic hydroxyl groups is 1. The number of nitrogens with zero attached hydrogens (tertiary/aromatic N) is 3. The van der Waals surface area contributed by atoms with Crippen LogP contribution in [0.2, 0.25) is 0 Å². The minimum Gasteiger partial charge on any atom is -0.390 e. The summed E-state index contributed by atoms with van der Waals surface area (Å²) in [6, 6.07) is 0. The molecule has 1 aromatic heterocycles. The third-order valence-corrected chi connectivity index (χ3v) is 4.44. The number of aryl methyl sites for hydroxylation is 1. The van der Waals surface area contributed by atoms with Crippen LogP contribution in [0.4, 0.5) is 0 Å². The van der Waals surface area contributed by atoms with E-state index in [0.717, 1.165) is 32.4 Å². The van der Waals surface area contributed by atoms with E-state index in [-0.39, 0.29) is 0 Å². The molecule has 100 valence electrons. The van der Waals surface area contributed by atoms with E-state index >= 15 is 0 Å². The fourth-order valence-electron chi connectivity index (χ4n) is 3.38. The number of fused-ring (bicyclic) bond motifs is 1. The van der Waals surface area contributed by atoms with Crippen LogP contribution < -0.4 is 0 Å². The van der Waals surface area contributed by atoms with Gasteiger partial charge < -0.3 is 9.63 Å². The maximum atomic E-state index is 10.6. The second kappa shape index (κ2) is 4.63. The Morgan fingerprint density at radius 2 is 2.33 bits per heavy atom. The van der Waals surface area contributed by atoms with Crippen molar-refractivity contribution in [3.8, 4) is 0 Å². The number of piperidine rings is 1. The molecule has 1 saturated heterocycles. The molecule has 1 saturated carbocycles. The lowest BCUT2D eigenvalue weighted by molar-refractivity contribution is -0.0979. The van der Waals surface area contributed by atoms with Crippen LogP contribution in [0.1, 0.15) is 43.8 Å². The number of hydrogen-bond donors (Lipinski definition) is 1. The van der Waals surface area contributed by atoms with E-state index in [0.29, 0.717) is 24.2 Å². The van der Waals surface area contributed by atoms with Crippen molar-refractivity contribution in [1.82, 2.24) is 15.0 Å². The molecule has 0 spiro atoms. The van der Waals surface area contributed by atoms with Gasteiger partial charge >= 0.3 is 0 Å². The Labute approximate surface area is 107 Å². The van der Waals surface area contributed by atoms with Crippen LogP contribution in [-0.2, 0) is 6.54 Å². The van der Waals surface area contributed by atoms with Crippen LogP contribution in [0.3, 0.4) is 0 Å². The van der Waals surface area contributed by atoms with Crippen LogP contribution >= 0.6 is 0 Å². The predicted octanol–water partition coefficient (Wildman–Crippen LogP) is 1.51. The van der Waals surface area contributed by atoms with Crippen LogP contribution in [0.15, 0.2) is 4.52 Å². The number of likely N-dealkylation sites (tertiary alicyclic amines) is 1. The fourth-order valence-corrected chi connectivity index (χ4v) is 3.38. The smallest absolute Gasteiger partial charge is 0.240 e. The van der Waals surface area contributed by atoms with Crippen molar-refractivity contribution in [1.29, 1.82) is 0 Å². The van der Waals surface area contributed by atoms with Crippen LogP contribution in [-0.4, -0.2) is 38.8 Å². The maximum Gasteiger partial charge on any atom is 0.240 e. The normalized spacial score (nSPS) is 33.3. The van der Waals surface area contributed by atoms with Crippen LogP contribution in [0.5, 0.6) is 0 Å². The van der Waals surface area contributed by atoms with Crippen molar-refractivity contribution in [2.24, 2.45) is 5.92 Å². The van der Waals surface area contributed by atoms with Crippen LogP contribution in [0, 0.1) is 12.8 Å². The molecular weight excluding hydrogens is 230 g/mol. The number of hydrogen-bond acceptors (Lipinski definition) is 5. The minimum absolute atomic E-state index is 0.403. The molecule has 2 atom stereocenters. The highest BCUT2D eigenvalue weighted by molar-refractivity contribution is 4.96. The van der Waals surface area contributed by atoms with E-state index < -0.39 is 5.60 Å². The van der Waals surface area contributed by atoms with Crippen molar-refractivity contribution in [2.75, 3.05) is 13.1 Å². The van der Waals surface area contributed by atoms with E-state index in [1.165, 1.54) is 12.8 Å². The Morgan fingerprint density at radius 3 is 3.11 bits per heavy atom. The first-order chi connectivity index (χ1) is 8.66. The van der Waals surface area contributed by atoms with E-state index in [9.17, 15) is 5.11 Å². The average Bonchev–Trinajstić information content (AvgIpc) is 2.75. The first-order valence-corrected chi connectivity index (χ1v) is 6.90. The summed E-state index contributed by atoms with van der Waals surface area (Å²) in [5.74, 6) is 1.80. The number of aromatic nitrogens is 2. The molecule has 1 aromatic rings. The van der Waals surface area contributed by atoms with Gasteiger partial charge in [-0.25, -0.2) is 0 Å². The van der Waals surface area contributed by atoms with Gasteiger partial charge in [-0.3, -0.25) is 4.90 Å². The average molecular weight is 251 g/mol. The van der Waals surface area contributed by atoms with Gasteiger partial charge in [-0.1, -0.05) is 18.0 Å².